The number of nitro groups is 1. The van der Waals surface area contributed by atoms with Gasteiger partial charge in [-0.05, 0) is 18.2 Å². The maximum atomic E-state index is 12.1. The lowest BCUT2D eigenvalue weighted by Crippen LogP contribution is -2.03. The van der Waals surface area contributed by atoms with Crippen LogP contribution in [0.2, 0.25) is 0 Å². The molecule has 0 spiro atoms. The minimum Gasteiger partial charge on any atom is -0.382 e. The fourth-order valence-corrected chi connectivity index (χ4v) is 3.57. The van der Waals surface area contributed by atoms with Crippen LogP contribution in [0.25, 0.3) is 11.5 Å². The second-order valence-corrected chi connectivity index (χ2v) is 8.12. The number of nitrogens with two attached hydrogens (primary N) is 1. The van der Waals surface area contributed by atoms with E-state index < -0.39 is 15.7 Å². The molecule has 0 amide bonds. The first kappa shape index (κ1) is 22.5. The topological polar surface area (TPSA) is 175 Å². The molecule has 0 saturated carbocycles. The van der Waals surface area contributed by atoms with Crippen LogP contribution in [0.3, 0.4) is 0 Å². The van der Waals surface area contributed by atoms with Crippen molar-refractivity contribution in [1.82, 2.24) is 19.9 Å². The van der Waals surface area contributed by atoms with Gasteiger partial charge in [-0.25, -0.2) is 15.0 Å². The second-order valence-electron chi connectivity index (χ2n) is 6.77. The third kappa shape index (κ3) is 5.05. The molecule has 12 nitrogen and oxygen atoms in total. The Labute approximate surface area is 195 Å². The Hall–Kier alpha value is -4.65. The van der Waals surface area contributed by atoms with Gasteiger partial charge >= 0.3 is 0 Å². The van der Waals surface area contributed by atoms with Crippen LogP contribution in [0.4, 0.5) is 34.4 Å². The molecular formula is C21H17N9O3S. The van der Waals surface area contributed by atoms with Crippen LogP contribution in [0.15, 0.2) is 82.2 Å². The lowest BCUT2D eigenvalue weighted by molar-refractivity contribution is -0.385. The summed E-state index contributed by atoms with van der Waals surface area (Å²) in [6.45, 7) is 0. The number of para-hydroxylation sites is 1. The monoisotopic (exact) mass is 475 g/mol. The van der Waals surface area contributed by atoms with Crippen LogP contribution in [0.1, 0.15) is 0 Å². The lowest BCUT2D eigenvalue weighted by Gasteiger charge is -2.11. The number of azo groups is 1. The molecule has 0 bridgehead atoms. The molecule has 170 valence electrons. The molecule has 0 saturated heterocycles. The molecule has 0 fully saturated rings. The SMILES string of the molecule is CS(=O)c1cc([N+](=O)[O-])ccc1N=Nc1c(N)nc(-c2cnccn2)nc1Nc1ccccc1. The summed E-state index contributed by atoms with van der Waals surface area (Å²) in [5, 5.41) is 22.6. The largest absolute Gasteiger partial charge is 0.382 e. The van der Waals surface area contributed by atoms with Gasteiger partial charge in [0.05, 0.1) is 26.8 Å². The molecule has 0 aliphatic rings. The van der Waals surface area contributed by atoms with Gasteiger partial charge < -0.3 is 11.1 Å². The van der Waals surface area contributed by atoms with E-state index in [1.165, 1.54) is 43.0 Å². The van der Waals surface area contributed by atoms with Crippen LogP contribution in [0.5, 0.6) is 0 Å². The van der Waals surface area contributed by atoms with E-state index in [2.05, 4.69) is 35.5 Å². The normalized spacial score (nSPS) is 11.9. The zero-order valence-corrected chi connectivity index (χ0v) is 18.5. The molecule has 3 N–H and O–H groups in total. The van der Waals surface area contributed by atoms with Gasteiger partial charge in [0.15, 0.2) is 23.1 Å². The second kappa shape index (κ2) is 9.87. The van der Waals surface area contributed by atoms with E-state index in [0.29, 0.717) is 11.4 Å². The molecule has 2 aromatic carbocycles. The van der Waals surface area contributed by atoms with E-state index >= 15 is 0 Å². The minimum absolute atomic E-state index is 0.0129. The van der Waals surface area contributed by atoms with Gasteiger partial charge in [-0.3, -0.25) is 19.3 Å². The first-order chi connectivity index (χ1) is 16.4. The standard InChI is InChI=1S/C21H17N9O3S/c1-34(33)17-11-14(30(31)32)7-8-15(17)28-29-18-19(22)26-20(16-12-23-9-10-24-16)27-21(18)25-13-5-3-2-4-6-13/h2-12H,1H3,(H3,22,25,26,27). The number of non-ortho nitro benzene ring substituents is 1. The molecule has 0 aliphatic carbocycles. The Morgan fingerprint density at radius 1 is 1.09 bits per heavy atom. The quantitative estimate of drug-likeness (QED) is 0.224. The van der Waals surface area contributed by atoms with Gasteiger partial charge in [0.1, 0.15) is 11.4 Å². The van der Waals surface area contributed by atoms with Gasteiger partial charge in [-0.1, -0.05) is 18.2 Å². The smallest absolute Gasteiger partial charge is 0.270 e. The van der Waals surface area contributed by atoms with Crippen LogP contribution in [-0.2, 0) is 10.8 Å². The maximum absolute atomic E-state index is 12.1. The molecule has 1 unspecified atom stereocenters. The van der Waals surface area contributed by atoms with E-state index in [9.17, 15) is 14.3 Å². The van der Waals surface area contributed by atoms with E-state index in [0.717, 1.165) is 0 Å². The Kier molecular flexibility index (Phi) is 6.54. The number of nitrogen functional groups attached to an aromatic ring is 1. The summed E-state index contributed by atoms with van der Waals surface area (Å²) in [5.41, 5.74) is 7.44. The highest BCUT2D eigenvalue weighted by molar-refractivity contribution is 7.84. The molecule has 13 heteroatoms. The van der Waals surface area contributed by atoms with Gasteiger partial charge in [0.25, 0.3) is 5.69 Å². The molecule has 0 radical (unpaired) electrons. The van der Waals surface area contributed by atoms with Crippen molar-refractivity contribution in [2.75, 3.05) is 17.3 Å². The zero-order valence-electron chi connectivity index (χ0n) is 17.7. The fourth-order valence-electron chi connectivity index (χ4n) is 2.88. The van der Waals surface area contributed by atoms with Crippen molar-refractivity contribution >= 4 is 45.2 Å². The number of rotatable bonds is 7. The molecule has 34 heavy (non-hydrogen) atoms. The number of nitrogens with one attached hydrogen (secondary N) is 1. The number of benzene rings is 2. The average molecular weight is 475 g/mol. The predicted molar refractivity (Wildman–Crippen MR) is 127 cm³/mol. The van der Waals surface area contributed by atoms with Crippen LogP contribution < -0.4 is 11.1 Å². The summed E-state index contributed by atoms with van der Waals surface area (Å²) in [6, 6.07) is 13.0. The third-order valence-electron chi connectivity index (χ3n) is 4.46. The number of aromatic nitrogens is 4. The highest BCUT2D eigenvalue weighted by Gasteiger charge is 2.17. The lowest BCUT2D eigenvalue weighted by atomic mass is 10.3. The highest BCUT2D eigenvalue weighted by atomic mass is 32.2. The van der Waals surface area contributed by atoms with Crippen molar-refractivity contribution in [2.24, 2.45) is 10.2 Å². The molecule has 2 heterocycles. The molecule has 4 aromatic rings. The Morgan fingerprint density at radius 2 is 1.88 bits per heavy atom. The third-order valence-corrected chi connectivity index (χ3v) is 5.41. The first-order valence-corrected chi connectivity index (χ1v) is 11.3. The summed E-state index contributed by atoms with van der Waals surface area (Å²) < 4.78 is 12.1. The fraction of sp³-hybridized carbons (Fsp3) is 0.0476. The summed E-state index contributed by atoms with van der Waals surface area (Å²) in [7, 11) is -1.55. The highest BCUT2D eigenvalue weighted by Crippen LogP contribution is 2.35. The van der Waals surface area contributed by atoms with Crippen molar-refractivity contribution < 1.29 is 9.13 Å². The van der Waals surface area contributed by atoms with Crippen LogP contribution in [-0.4, -0.2) is 35.3 Å². The zero-order chi connectivity index (χ0) is 24.1. The van der Waals surface area contributed by atoms with Crippen molar-refractivity contribution in [2.45, 2.75) is 4.90 Å². The van der Waals surface area contributed by atoms with Crippen molar-refractivity contribution in [1.29, 1.82) is 0 Å². The number of nitrogens with zero attached hydrogens (tertiary/aromatic N) is 7. The summed E-state index contributed by atoms with van der Waals surface area (Å²) >= 11 is 0. The van der Waals surface area contributed by atoms with Crippen molar-refractivity contribution in [3.63, 3.8) is 0 Å². The van der Waals surface area contributed by atoms with Gasteiger partial charge in [-0.15, -0.1) is 10.2 Å². The van der Waals surface area contributed by atoms with E-state index in [4.69, 9.17) is 5.73 Å². The molecule has 0 aliphatic heterocycles. The molecule has 1 atom stereocenters. The molecule has 2 aromatic heterocycles. The van der Waals surface area contributed by atoms with E-state index in [-0.39, 0.29) is 39.4 Å². The first-order valence-electron chi connectivity index (χ1n) is 9.72. The predicted octanol–water partition coefficient (Wildman–Crippen LogP) is 4.32. The van der Waals surface area contributed by atoms with Gasteiger partial charge in [0, 0.05) is 36.5 Å². The minimum atomic E-state index is -1.55. The van der Waals surface area contributed by atoms with Crippen molar-refractivity contribution in [3.8, 4) is 11.5 Å². The Morgan fingerprint density at radius 3 is 2.56 bits per heavy atom. The summed E-state index contributed by atoms with van der Waals surface area (Å²) in [4.78, 5) is 27.7. The summed E-state index contributed by atoms with van der Waals surface area (Å²) in [5.74, 6) is 0.497. The number of anilines is 3. The van der Waals surface area contributed by atoms with Crippen LogP contribution >= 0.6 is 0 Å². The number of hydrogen-bond donors (Lipinski definition) is 2. The van der Waals surface area contributed by atoms with E-state index in [1.807, 2.05) is 30.3 Å². The van der Waals surface area contributed by atoms with E-state index in [1.54, 1.807) is 0 Å². The van der Waals surface area contributed by atoms with Crippen molar-refractivity contribution in [3.05, 3.63) is 77.2 Å². The Balaban J connectivity index is 1.80. The summed E-state index contributed by atoms with van der Waals surface area (Å²) in [6.07, 6.45) is 5.93. The maximum Gasteiger partial charge on any atom is 0.270 e. The molecule has 4 rings (SSSR count). The average Bonchev–Trinajstić information content (AvgIpc) is 2.84. The van der Waals surface area contributed by atoms with Crippen LogP contribution in [0, 0.1) is 10.1 Å². The molecular weight excluding hydrogens is 458 g/mol. The van der Waals surface area contributed by atoms with Gasteiger partial charge in [-0.2, -0.15) is 0 Å². The number of hydrogen-bond acceptors (Lipinski definition) is 11. The number of nitro benzene ring substituents is 1. The van der Waals surface area contributed by atoms with Gasteiger partial charge in [0.2, 0.25) is 0 Å². The Bertz CT molecular complexity index is 1400.